The molecule has 1 aromatic heterocycles. The molecule has 9 heteroatoms. The molecular formula is C28H23ClN2O5S. The summed E-state index contributed by atoms with van der Waals surface area (Å²) in [5.41, 5.74) is 3.67. The van der Waals surface area contributed by atoms with Gasteiger partial charge in [-0.2, -0.15) is 0 Å². The molecule has 1 fully saturated rings. The number of thiazole rings is 1. The molecule has 4 aromatic rings. The number of aryl methyl sites for hydroxylation is 2. The zero-order valence-corrected chi connectivity index (χ0v) is 22.1. The number of aliphatic hydroxyl groups is 1. The number of aliphatic hydroxyl groups excluding tert-OH is 1. The summed E-state index contributed by atoms with van der Waals surface area (Å²) in [5, 5.41) is 12.1. The molecule has 37 heavy (non-hydrogen) atoms. The lowest BCUT2D eigenvalue weighted by molar-refractivity contribution is -0.132. The van der Waals surface area contributed by atoms with Crippen molar-refractivity contribution in [1.82, 2.24) is 4.98 Å². The number of methoxy groups -OCH3 is 2. The zero-order chi connectivity index (χ0) is 26.4. The van der Waals surface area contributed by atoms with Gasteiger partial charge in [-0.15, -0.1) is 0 Å². The Morgan fingerprint density at radius 2 is 1.70 bits per heavy atom. The predicted molar refractivity (Wildman–Crippen MR) is 145 cm³/mol. The predicted octanol–water partition coefficient (Wildman–Crippen LogP) is 6.21. The van der Waals surface area contributed by atoms with Gasteiger partial charge in [-0.3, -0.25) is 14.5 Å². The molecule has 0 aliphatic carbocycles. The SMILES string of the molecule is COc1ccc([C@@H]2C(=C(O)c3ccc(Cl)cc3)C(=O)C(=O)N2c2nc3c(C)cc(C)cc3s2)cc1OC. The van der Waals surface area contributed by atoms with Crippen LogP contribution in [-0.4, -0.2) is 36.0 Å². The second-order valence-corrected chi connectivity index (χ2v) is 10.2. The van der Waals surface area contributed by atoms with E-state index in [1.807, 2.05) is 26.0 Å². The topological polar surface area (TPSA) is 89.0 Å². The van der Waals surface area contributed by atoms with Gasteiger partial charge in [-0.05, 0) is 73.0 Å². The highest BCUT2D eigenvalue weighted by Crippen LogP contribution is 2.46. The van der Waals surface area contributed by atoms with Crippen LogP contribution in [0.15, 0.2) is 60.2 Å². The molecule has 2 heterocycles. The summed E-state index contributed by atoms with van der Waals surface area (Å²) in [6.07, 6.45) is 0. The lowest BCUT2D eigenvalue weighted by atomic mass is 9.95. The van der Waals surface area contributed by atoms with Gasteiger partial charge < -0.3 is 14.6 Å². The number of rotatable bonds is 5. The Balaban J connectivity index is 1.76. The number of carbonyl (C=O) groups excluding carboxylic acids is 2. The summed E-state index contributed by atoms with van der Waals surface area (Å²) in [7, 11) is 3.03. The van der Waals surface area contributed by atoms with Gasteiger partial charge in [0.25, 0.3) is 5.78 Å². The third-order valence-corrected chi connectivity index (χ3v) is 7.56. The van der Waals surface area contributed by atoms with Crippen LogP contribution in [0.1, 0.15) is 28.3 Å². The van der Waals surface area contributed by atoms with E-state index in [0.717, 1.165) is 21.3 Å². The molecule has 0 radical (unpaired) electrons. The van der Waals surface area contributed by atoms with Crippen LogP contribution < -0.4 is 14.4 Å². The Kier molecular flexibility index (Phi) is 6.39. The Hall–Kier alpha value is -3.88. The van der Waals surface area contributed by atoms with E-state index in [1.54, 1.807) is 42.5 Å². The Bertz CT molecular complexity index is 1590. The molecule has 1 aliphatic heterocycles. The van der Waals surface area contributed by atoms with Gasteiger partial charge in [0.05, 0.1) is 36.1 Å². The number of Topliss-reactive ketones (excluding diaryl/α,β-unsaturated/α-hetero) is 1. The van der Waals surface area contributed by atoms with Crippen LogP contribution >= 0.6 is 22.9 Å². The molecule has 1 aliphatic rings. The van der Waals surface area contributed by atoms with Gasteiger partial charge in [0.15, 0.2) is 16.6 Å². The molecule has 1 saturated heterocycles. The molecular weight excluding hydrogens is 512 g/mol. The Morgan fingerprint density at radius 3 is 2.38 bits per heavy atom. The van der Waals surface area contributed by atoms with Gasteiger partial charge >= 0.3 is 5.91 Å². The van der Waals surface area contributed by atoms with E-state index in [4.69, 9.17) is 26.1 Å². The number of halogens is 1. The maximum Gasteiger partial charge on any atom is 0.301 e. The average molecular weight is 535 g/mol. The van der Waals surface area contributed by atoms with Crippen molar-refractivity contribution >= 4 is 55.7 Å². The number of carbonyl (C=O) groups is 2. The van der Waals surface area contributed by atoms with Gasteiger partial charge in [0, 0.05) is 10.6 Å². The second kappa shape index (κ2) is 9.53. The van der Waals surface area contributed by atoms with Gasteiger partial charge in [0.1, 0.15) is 5.76 Å². The molecule has 5 rings (SSSR count). The molecule has 0 unspecified atom stereocenters. The lowest BCUT2D eigenvalue weighted by Crippen LogP contribution is -2.29. The van der Waals surface area contributed by atoms with Crippen molar-refractivity contribution in [3.8, 4) is 11.5 Å². The highest BCUT2D eigenvalue weighted by Gasteiger charge is 2.48. The number of hydrogen-bond acceptors (Lipinski definition) is 7. The van der Waals surface area contributed by atoms with Crippen LogP contribution in [0.2, 0.25) is 5.02 Å². The molecule has 3 aromatic carbocycles. The Labute approximate surface area is 222 Å². The summed E-state index contributed by atoms with van der Waals surface area (Å²) in [6.45, 7) is 3.95. The fourth-order valence-corrected chi connectivity index (χ4v) is 5.89. The maximum absolute atomic E-state index is 13.5. The number of fused-ring (bicyclic) bond motifs is 1. The number of hydrogen-bond donors (Lipinski definition) is 1. The minimum Gasteiger partial charge on any atom is -0.507 e. The van der Waals surface area contributed by atoms with Crippen molar-refractivity contribution in [3.63, 3.8) is 0 Å². The van der Waals surface area contributed by atoms with Crippen LogP contribution in [0.3, 0.4) is 0 Å². The van der Waals surface area contributed by atoms with E-state index >= 15 is 0 Å². The standard InChI is InChI=1S/C28H23ClN2O5S/c1-14-11-15(2)23-21(12-14)37-28(30-23)31-24(17-7-10-19(35-3)20(13-17)36-4)22(26(33)27(31)34)25(32)16-5-8-18(29)9-6-16/h5-13,24,32H,1-4H3/t24-/m1/s1. The highest BCUT2D eigenvalue weighted by molar-refractivity contribution is 7.22. The molecule has 7 nitrogen and oxygen atoms in total. The summed E-state index contributed by atoms with van der Waals surface area (Å²) in [4.78, 5) is 33.1. The number of ether oxygens (including phenoxy) is 2. The van der Waals surface area contributed by atoms with Crippen molar-refractivity contribution in [2.75, 3.05) is 19.1 Å². The first kappa shape index (κ1) is 24.8. The molecule has 188 valence electrons. The van der Waals surface area contributed by atoms with Crippen molar-refractivity contribution < 1.29 is 24.2 Å². The van der Waals surface area contributed by atoms with E-state index in [2.05, 4.69) is 0 Å². The molecule has 0 bridgehead atoms. The fraction of sp³-hybridized carbons (Fsp3) is 0.179. The number of aromatic nitrogens is 1. The van der Waals surface area contributed by atoms with Crippen LogP contribution in [0.25, 0.3) is 16.0 Å². The third-order valence-electron chi connectivity index (χ3n) is 6.31. The quantitative estimate of drug-likeness (QED) is 0.186. The van der Waals surface area contributed by atoms with E-state index < -0.39 is 17.7 Å². The summed E-state index contributed by atoms with van der Waals surface area (Å²) in [5.74, 6) is -0.964. The first-order chi connectivity index (χ1) is 17.7. The number of amides is 1. The van der Waals surface area contributed by atoms with Gasteiger partial charge in [0.2, 0.25) is 0 Å². The highest BCUT2D eigenvalue weighted by atomic mass is 35.5. The molecule has 1 N–H and O–H groups in total. The van der Waals surface area contributed by atoms with Crippen LogP contribution in [-0.2, 0) is 9.59 Å². The molecule has 1 amide bonds. The lowest BCUT2D eigenvalue weighted by Gasteiger charge is -2.23. The molecule has 1 atom stereocenters. The van der Waals surface area contributed by atoms with Crippen molar-refractivity contribution in [1.29, 1.82) is 0 Å². The first-order valence-corrected chi connectivity index (χ1v) is 12.6. The smallest absolute Gasteiger partial charge is 0.301 e. The largest absolute Gasteiger partial charge is 0.507 e. The minimum atomic E-state index is -0.947. The monoisotopic (exact) mass is 534 g/mol. The number of ketones is 1. The normalized spacial score (nSPS) is 17.0. The van der Waals surface area contributed by atoms with E-state index in [0.29, 0.717) is 32.8 Å². The third kappa shape index (κ3) is 4.22. The second-order valence-electron chi connectivity index (χ2n) is 8.72. The van der Waals surface area contributed by atoms with E-state index in [1.165, 1.54) is 30.5 Å². The maximum atomic E-state index is 13.5. The number of nitrogens with zero attached hydrogens (tertiary/aromatic N) is 2. The summed E-state index contributed by atoms with van der Waals surface area (Å²) >= 11 is 7.34. The van der Waals surface area contributed by atoms with Crippen LogP contribution in [0.5, 0.6) is 11.5 Å². The van der Waals surface area contributed by atoms with Gasteiger partial charge in [-0.25, -0.2) is 4.98 Å². The average Bonchev–Trinajstić information content (AvgIpc) is 3.42. The van der Waals surface area contributed by atoms with E-state index in [9.17, 15) is 14.7 Å². The Morgan fingerprint density at radius 1 is 1.00 bits per heavy atom. The molecule has 0 spiro atoms. The summed E-state index contributed by atoms with van der Waals surface area (Å²) in [6, 6.07) is 14.6. The van der Waals surface area contributed by atoms with Crippen LogP contribution in [0.4, 0.5) is 5.13 Å². The van der Waals surface area contributed by atoms with E-state index in [-0.39, 0.29) is 11.3 Å². The summed E-state index contributed by atoms with van der Waals surface area (Å²) < 4.78 is 11.8. The molecule has 0 saturated carbocycles. The van der Waals surface area contributed by atoms with Crippen molar-refractivity contribution in [2.45, 2.75) is 19.9 Å². The van der Waals surface area contributed by atoms with Gasteiger partial charge in [-0.1, -0.05) is 35.1 Å². The number of anilines is 1. The minimum absolute atomic E-state index is 0.0494. The zero-order valence-electron chi connectivity index (χ0n) is 20.5. The van der Waals surface area contributed by atoms with Crippen LogP contribution in [0, 0.1) is 13.8 Å². The van der Waals surface area contributed by atoms with Crippen molar-refractivity contribution in [2.24, 2.45) is 0 Å². The fourth-order valence-electron chi connectivity index (χ4n) is 4.59. The number of benzene rings is 3. The van der Waals surface area contributed by atoms with Crippen molar-refractivity contribution in [3.05, 3.63) is 87.4 Å². The first-order valence-electron chi connectivity index (χ1n) is 11.4.